The fourth-order valence-electron chi connectivity index (χ4n) is 2.07. The monoisotopic (exact) mass is 298 g/mol. The first-order valence-corrected chi connectivity index (χ1v) is 7.15. The molecule has 2 aromatic rings. The largest absolute Gasteiger partial charge is 0.334 e. The molecule has 0 bridgehead atoms. The van der Waals surface area contributed by atoms with Crippen LogP contribution in [0.2, 0.25) is 0 Å². The van der Waals surface area contributed by atoms with Crippen molar-refractivity contribution in [3.8, 4) is 0 Å². The van der Waals surface area contributed by atoms with Crippen LogP contribution in [0.4, 0.5) is 4.39 Å². The lowest BCUT2D eigenvalue weighted by Crippen LogP contribution is -2.33. The molecule has 0 radical (unpaired) electrons. The van der Waals surface area contributed by atoms with Crippen molar-refractivity contribution >= 4 is 12.0 Å². The Bertz CT molecular complexity index is 623. The zero-order valence-corrected chi connectivity index (χ0v) is 12.3. The Morgan fingerprint density at radius 1 is 1.09 bits per heavy atom. The molecule has 0 aromatic heterocycles. The van der Waals surface area contributed by atoms with Crippen LogP contribution in [0, 0.1) is 5.82 Å². The van der Waals surface area contributed by atoms with Crippen molar-refractivity contribution in [2.45, 2.75) is 6.54 Å². The van der Waals surface area contributed by atoms with E-state index < -0.39 is 0 Å². The van der Waals surface area contributed by atoms with Crippen LogP contribution in [0.5, 0.6) is 0 Å². The predicted octanol–water partition coefficient (Wildman–Crippen LogP) is 2.83. The number of hydrogen-bond donors (Lipinski definition) is 1. The zero-order valence-electron chi connectivity index (χ0n) is 12.3. The Hall–Kier alpha value is -2.46. The topological polar surface area (TPSA) is 46.3 Å². The first-order valence-electron chi connectivity index (χ1n) is 7.15. The lowest BCUT2D eigenvalue weighted by molar-refractivity contribution is -0.126. The third-order valence-electron chi connectivity index (χ3n) is 3.22. The fraction of sp³-hybridized carbons (Fsp3) is 0.167. The smallest absolute Gasteiger partial charge is 0.246 e. The molecule has 0 aliphatic carbocycles. The molecule has 0 unspecified atom stereocenters. The van der Waals surface area contributed by atoms with Crippen LogP contribution in [0.25, 0.3) is 6.08 Å². The van der Waals surface area contributed by atoms with Crippen molar-refractivity contribution in [1.82, 2.24) is 4.90 Å². The minimum atomic E-state index is -0.294. The number of nitrogens with zero attached hydrogens (tertiary/aromatic N) is 1. The van der Waals surface area contributed by atoms with Crippen molar-refractivity contribution in [3.05, 3.63) is 77.6 Å². The summed E-state index contributed by atoms with van der Waals surface area (Å²) in [7, 11) is 0. The Balaban J connectivity index is 2.04. The van der Waals surface area contributed by atoms with E-state index in [1.165, 1.54) is 18.2 Å². The molecule has 114 valence electrons. The summed E-state index contributed by atoms with van der Waals surface area (Å²) in [6.07, 6.45) is 3.17. The number of carbonyl (C=O) groups is 1. The van der Waals surface area contributed by atoms with Crippen molar-refractivity contribution in [2.75, 3.05) is 13.1 Å². The van der Waals surface area contributed by atoms with Crippen LogP contribution < -0.4 is 5.73 Å². The number of halogens is 1. The lowest BCUT2D eigenvalue weighted by Gasteiger charge is -2.20. The summed E-state index contributed by atoms with van der Waals surface area (Å²) >= 11 is 0. The maximum Gasteiger partial charge on any atom is 0.246 e. The molecule has 22 heavy (non-hydrogen) atoms. The van der Waals surface area contributed by atoms with Gasteiger partial charge in [-0.05, 0) is 29.3 Å². The highest BCUT2D eigenvalue weighted by Crippen LogP contribution is 2.08. The summed E-state index contributed by atoms with van der Waals surface area (Å²) in [5, 5.41) is 0. The maximum atomic E-state index is 12.8. The number of carbonyl (C=O) groups excluding carboxylic acids is 1. The quantitative estimate of drug-likeness (QED) is 0.834. The average molecular weight is 298 g/mol. The highest BCUT2D eigenvalue weighted by atomic mass is 19.1. The summed E-state index contributed by atoms with van der Waals surface area (Å²) in [6, 6.07) is 15.8. The van der Waals surface area contributed by atoms with Crippen LogP contribution in [0.3, 0.4) is 0 Å². The van der Waals surface area contributed by atoms with Crippen LogP contribution in [-0.2, 0) is 11.3 Å². The van der Waals surface area contributed by atoms with Gasteiger partial charge >= 0.3 is 0 Å². The van der Waals surface area contributed by atoms with E-state index in [1.54, 1.807) is 23.1 Å². The summed E-state index contributed by atoms with van der Waals surface area (Å²) < 4.78 is 12.8. The van der Waals surface area contributed by atoms with E-state index >= 15 is 0 Å². The SMILES string of the molecule is NCCN(Cc1ccccc1)C(=O)/C=C/c1ccc(F)cc1. The number of hydrogen-bond acceptors (Lipinski definition) is 2. The molecule has 1 amide bonds. The Kier molecular flexibility index (Phi) is 5.86. The first kappa shape index (κ1) is 15.9. The van der Waals surface area contributed by atoms with E-state index in [9.17, 15) is 9.18 Å². The molecule has 0 aliphatic heterocycles. The van der Waals surface area contributed by atoms with Gasteiger partial charge in [0, 0.05) is 25.7 Å². The second-order valence-electron chi connectivity index (χ2n) is 4.92. The molecule has 0 saturated carbocycles. The predicted molar refractivity (Wildman–Crippen MR) is 86.3 cm³/mol. The normalized spacial score (nSPS) is 10.8. The van der Waals surface area contributed by atoms with Crippen molar-refractivity contribution in [1.29, 1.82) is 0 Å². The number of benzene rings is 2. The van der Waals surface area contributed by atoms with Gasteiger partial charge in [-0.15, -0.1) is 0 Å². The van der Waals surface area contributed by atoms with Gasteiger partial charge in [0.2, 0.25) is 5.91 Å². The number of rotatable bonds is 6. The molecule has 3 nitrogen and oxygen atoms in total. The summed E-state index contributed by atoms with van der Waals surface area (Å²) in [5.74, 6) is -0.407. The van der Waals surface area contributed by atoms with E-state index in [4.69, 9.17) is 5.73 Å². The molecule has 4 heteroatoms. The van der Waals surface area contributed by atoms with Crippen LogP contribution in [-0.4, -0.2) is 23.9 Å². The Morgan fingerprint density at radius 3 is 2.41 bits per heavy atom. The molecular weight excluding hydrogens is 279 g/mol. The second kappa shape index (κ2) is 8.10. The lowest BCUT2D eigenvalue weighted by atomic mass is 10.2. The molecule has 0 heterocycles. The molecule has 0 fully saturated rings. The van der Waals surface area contributed by atoms with Gasteiger partial charge in [0.1, 0.15) is 5.82 Å². The van der Waals surface area contributed by atoms with Gasteiger partial charge in [0.05, 0.1) is 0 Å². The minimum absolute atomic E-state index is 0.112. The Labute approximate surface area is 129 Å². The first-order chi connectivity index (χ1) is 10.7. The second-order valence-corrected chi connectivity index (χ2v) is 4.92. The molecule has 2 N–H and O–H groups in total. The minimum Gasteiger partial charge on any atom is -0.334 e. The highest BCUT2D eigenvalue weighted by Gasteiger charge is 2.10. The standard InChI is InChI=1S/C18H19FN2O/c19-17-9-6-15(7-10-17)8-11-18(22)21(13-12-20)14-16-4-2-1-3-5-16/h1-11H,12-14,20H2/b11-8+. The van der Waals surface area contributed by atoms with Crippen LogP contribution in [0.1, 0.15) is 11.1 Å². The number of amides is 1. The van der Waals surface area contributed by atoms with Crippen molar-refractivity contribution < 1.29 is 9.18 Å². The average Bonchev–Trinajstić information content (AvgIpc) is 2.54. The van der Waals surface area contributed by atoms with Gasteiger partial charge in [0.15, 0.2) is 0 Å². The summed E-state index contributed by atoms with van der Waals surface area (Å²) in [5.41, 5.74) is 7.42. The molecule has 0 saturated heterocycles. The molecular formula is C18H19FN2O. The molecule has 2 rings (SSSR count). The zero-order chi connectivity index (χ0) is 15.8. The summed E-state index contributed by atoms with van der Waals surface area (Å²) in [6.45, 7) is 1.41. The summed E-state index contributed by atoms with van der Waals surface area (Å²) in [4.78, 5) is 14.0. The van der Waals surface area contributed by atoms with E-state index in [0.29, 0.717) is 19.6 Å². The molecule has 0 atom stereocenters. The van der Waals surface area contributed by atoms with Gasteiger partial charge in [-0.1, -0.05) is 42.5 Å². The third-order valence-corrected chi connectivity index (χ3v) is 3.22. The van der Waals surface area contributed by atoms with E-state index in [-0.39, 0.29) is 11.7 Å². The van der Waals surface area contributed by atoms with Gasteiger partial charge < -0.3 is 10.6 Å². The van der Waals surface area contributed by atoms with Crippen molar-refractivity contribution in [3.63, 3.8) is 0 Å². The van der Waals surface area contributed by atoms with Gasteiger partial charge in [-0.25, -0.2) is 4.39 Å². The van der Waals surface area contributed by atoms with Crippen LogP contribution >= 0.6 is 0 Å². The molecule has 2 aromatic carbocycles. The van der Waals surface area contributed by atoms with Gasteiger partial charge in [-0.3, -0.25) is 4.79 Å². The van der Waals surface area contributed by atoms with E-state index in [2.05, 4.69) is 0 Å². The van der Waals surface area contributed by atoms with Gasteiger partial charge in [0.25, 0.3) is 0 Å². The molecule has 0 aliphatic rings. The van der Waals surface area contributed by atoms with Gasteiger partial charge in [-0.2, -0.15) is 0 Å². The van der Waals surface area contributed by atoms with E-state index in [0.717, 1.165) is 11.1 Å². The van der Waals surface area contributed by atoms with Crippen LogP contribution in [0.15, 0.2) is 60.7 Å². The Morgan fingerprint density at radius 2 is 1.77 bits per heavy atom. The number of nitrogens with two attached hydrogens (primary N) is 1. The van der Waals surface area contributed by atoms with E-state index in [1.807, 2.05) is 30.3 Å². The molecule has 0 spiro atoms. The van der Waals surface area contributed by atoms with Crippen molar-refractivity contribution in [2.24, 2.45) is 5.73 Å². The fourth-order valence-corrected chi connectivity index (χ4v) is 2.07. The maximum absolute atomic E-state index is 12.8. The third kappa shape index (κ3) is 4.82. The highest BCUT2D eigenvalue weighted by molar-refractivity contribution is 5.91.